The molecule has 0 bridgehead atoms. The van der Waals surface area contributed by atoms with Crippen molar-refractivity contribution in [1.82, 2.24) is 25.2 Å². The monoisotopic (exact) mass is 418 g/mol. The van der Waals surface area contributed by atoms with Crippen LogP contribution in [0.2, 0.25) is 10.0 Å². The second kappa shape index (κ2) is 8.16. The van der Waals surface area contributed by atoms with Gasteiger partial charge in [-0.25, -0.2) is 14.6 Å². The molecule has 7 nitrogen and oxygen atoms in total. The number of benzene rings is 1. The van der Waals surface area contributed by atoms with Crippen molar-refractivity contribution in [2.45, 2.75) is 34.1 Å². The van der Waals surface area contributed by atoms with Gasteiger partial charge in [-0.05, 0) is 52.0 Å². The summed E-state index contributed by atoms with van der Waals surface area (Å²) >= 11 is 12.3. The van der Waals surface area contributed by atoms with Gasteiger partial charge in [-0.15, -0.1) is 0 Å². The summed E-state index contributed by atoms with van der Waals surface area (Å²) in [5.41, 5.74) is 10.1. The van der Waals surface area contributed by atoms with Crippen molar-refractivity contribution in [1.29, 1.82) is 0 Å². The molecule has 2 aromatic heterocycles. The number of anilines is 1. The number of halogens is 2. The lowest BCUT2D eigenvalue weighted by atomic mass is 10.1. The first-order chi connectivity index (χ1) is 13.2. The number of hydrazine groups is 1. The molecule has 2 heterocycles. The van der Waals surface area contributed by atoms with Gasteiger partial charge in [-0.1, -0.05) is 23.2 Å². The first-order valence-corrected chi connectivity index (χ1v) is 9.38. The maximum atomic E-state index is 12.4. The van der Waals surface area contributed by atoms with Crippen molar-refractivity contribution in [2.24, 2.45) is 0 Å². The highest BCUT2D eigenvalue weighted by atomic mass is 35.5. The molecule has 9 heteroatoms. The number of carbonyl (C=O) groups excluding carboxylic acids is 1. The van der Waals surface area contributed by atoms with Gasteiger partial charge < -0.3 is 0 Å². The molecule has 0 aliphatic heterocycles. The molecule has 0 saturated heterocycles. The van der Waals surface area contributed by atoms with Crippen LogP contribution in [0.25, 0.3) is 5.69 Å². The lowest BCUT2D eigenvalue weighted by Crippen LogP contribution is -2.32. The van der Waals surface area contributed by atoms with Crippen LogP contribution in [0.3, 0.4) is 0 Å². The second-order valence-electron chi connectivity index (χ2n) is 6.48. The van der Waals surface area contributed by atoms with Crippen molar-refractivity contribution < 1.29 is 4.79 Å². The molecular weight excluding hydrogens is 399 g/mol. The van der Waals surface area contributed by atoms with Crippen LogP contribution in [-0.2, 0) is 11.2 Å². The lowest BCUT2D eigenvalue weighted by molar-refractivity contribution is -0.120. The number of aryl methyl sites for hydroxylation is 3. The van der Waals surface area contributed by atoms with E-state index in [0.29, 0.717) is 21.7 Å². The van der Waals surface area contributed by atoms with Crippen LogP contribution in [0.5, 0.6) is 0 Å². The zero-order valence-electron chi connectivity index (χ0n) is 16.0. The highest BCUT2D eigenvalue weighted by Gasteiger charge is 2.17. The number of amides is 1. The molecule has 0 unspecified atom stereocenters. The second-order valence-corrected chi connectivity index (χ2v) is 7.32. The van der Waals surface area contributed by atoms with E-state index in [4.69, 9.17) is 23.2 Å². The Kier molecular flexibility index (Phi) is 5.86. The molecule has 28 heavy (non-hydrogen) atoms. The predicted octanol–water partition coefficient (Wildman–Crippen LogP) is 3.89. The zero-order chi connectivity index (χ0) is 20.4. The van der Waals surface area contributed by atoms with E-state index in [0.717, 1.165) is 28.3 Å². The van der Waals surface area contributed by atoms with Crippen molar-refractivity contribution in [3.63, 3.8) is 0 Å². The summed E-state index contributed by atoms with van der Waals surface area (Å²) in [7, 11) is 0. The number of aromatic nitrogens is 4. The van der Waals surface area contributed by atoms with Crippen LogP contribution in [-0.4, -0.2) is 25.7 Å². The third-order valence-corrected chi connectivity index (χ3v) is 4.75. The maximum absolute atomic E-state index is 12.4. The van der Waals surface area contributed by atoms with E-state index in [2.05, 4.69) is 25.9 Å². The summed E-state index contributed by atoms with van der Waals surface area (Å²) in [5.74, 6) is 0.124. The molecule has 3 aromatic rings. The summed E-state index contributed by atoms with van der Waals surface area (Å²) < 4.78 is 1.72. The quantitative estimate of drug-likeness (QED) is 0.613. The Labute approximate surface area is 173 Å². The van der Waals surface area contributed by atoms with E-state index in [9.17, 15) is 4.79 Å². The van der Waals surface area contributed by atoms with E-state index < -0.39 is 0 Å². The molecule has 0 aliphatic rings. The number of rotatable bonds is 5. The summed E-state index contributed by atoms with van der Waals surface area (Å²) in [4.78, 5) is 20.9. The van der Waals surface area contributed by atoms with Crippen LogP contribution in [0.15, 0.2) is 24.3 Å². The molecule has 0 saturated carbocycles. The van der Waals surface area contributed by atoms with Gasteiger partial charge in [0.1, 0.15) is 0 Å². The zero-order valence-corrected chi connectivity index (χ0v) is 17.5. The first-order valence-electron chi connectivity index (χ1n) is 8.62. The van der Waals surface area contributed by atoms with Gasteiger partial charge in [0.2, 0.25) is 11.9 Å². The van der Waals surface area contributed by atoms with Gasteiger partial charge in [0.05, 0.1) is 22.8 Å². The maximum Gasteiger partial charge on any atom is 0.242 e. The van der Waals surface area contributed by atoms with E-state index in [1.54, 1.807) is 22.9 Å². The largest absolute Gasteiger partial charge is 0.273 e. The Morgan fingerprint density at radius 2 is 1.75 bits per heavy atom. The van der Waals surface area contributed by atoms with Crippen molar-refractivity contribution in [3.05, 3.63) is 62.6 Å². The van der Waals surface area contributed by atoms with Crippen LogP contribution in [0, 0.1) is 27.7 Å². The topological polar surface area (TPSA) is 84.7 Å². The Balaban J connectivity index is 1.75. The normalized spacial score (nSPS) is 10.8. The SMILES string of the molecule is Cc1cc(C)nc(NNC(=O)Cc2c(C)nn(-c3ccc(Cl)cc3Cl)c2C)n1. The number of carbonyl (C=O) groups is 1. The molecule has 0 spiro atoms. The predicted molar refractivity (Wildman–Crippen MR) is 110 cm³/mol. The molecule has 0 radical (unpaired) electrons. The Morgan fingerprint density at radius 1 is 1.07 bits per heavy atom. The Bertz CT molecular complexity index is 1030. The molecule has 146 valence electrons. The molecule has 0 atom stereocenters. The number of nitrogens with zero attached hydrogens (tertiary/aromatic N) is 4. The van der Waals surface area contributed by atoms with Crippen LogP contribution < -0.4 is 10.9 Å². The fourth-order valence-electron chi connectivity index (χ4n) is 2.93. The van der Waals surface area contributed by atoms with Gasteiger partial charge in [0, 0.05) is 27.7 Å². The summed E-state index contributed by atoms with van der Waals surface area (Å²) in [6.07, 6.45) is 0.153. The van der Waals surface area contributed by atoms with E-state index in [-0.39, 0.29) is 12.3 Å². The minimum Gasteiger partial charge on any atom is -0.273 e. The number of hydrogen-bond acceptors (Lipinski definition) is 5. The summed E-state index contributed by atoms with van der Waals surface area (Å²) in [5, 5.41) is 5.57. The van der Waals surface area contributed by atoms with Gasteiger partial charge in [0.25, 0.3) is 0 Å². The number of hydrogen-bond donors (Lipinski definition) is 2. The minimum absolute atomic E-state index is 0.153. The van der Waals surface area contributed by atoms with Gasteiger partial charge in [-0.2, -0.15) is 5.10 Å². The third kappa shape index (κ3) is 4.43. The van der Waals surface area contributed by atoms with Gasteiger partial charge in [0.15, 0.2) is 0 Å². The van der Waals surface area contributed by atoms with E-state index in [1.807, 2.05) is 33.8 Å². The van der Waals surface area contributed by atoms with Gasteiger partial charge >= 0.3 is 0 Å². The highest BCUT2D eigenvalue weighted by molar-refractivity contribution is 6.35. The molecule has 0 aliphatic carbocycles. The lowest BCUT2D eigenvalue weighted by Gasteiger charge is -2.09. The molecule has 2 N–H and O–H groups in total. The fraction of sp³-hybridized carbons (Fsp3) is 0.263. The van der Waals surface area contributed by atoms with Crippen molar-refractivity contribution in [2.75, 3.05) is 5.43 Å². The molecular formula is C19H20Cl2N6O. The Hall–Kier alpha value is -2.64. The van der Waals surface area contributed by atoms with E-state index in [1.165, 1.54) is 0 Å². The molecule has 0 fully saturated rings. The third-order valence-electron chi connectivity index (χ3n) is 4.21. The summed E-state index contributed by atoms with van der Waals surface area (Å²) in [6.45, 7) is 7.49. The highest BCUT2D eigenvalue weighted by Crippen LogP contribution is 2.27. The van der Waals surface area contributed by atoms with Crippen LogP contribution in [0.4, 0.5) is 5.95 Å². The standard InChI is InChI=1S/C19H20Cl2N6O/c1-10-7-11(2)23-19(22-10)25-24-18(28)9-15-12(3)26-27(13(15)4)17-6-5-14(20)8-16(17)21/h5-8H,9H2,1-4H3,(H,24,28)(H,22,23,25). The summed E-state index contributed by atoms with van der Waals surface area (Å²) in [6, 6.07) is 7.07. The van der Waals surface area contributed by atoms with Crippen molar-refractivity contribution in [3.8, 4) is 5.69 Å². The van der Waals surface area contributed by atoms with Crippen LogP contribution in [0.1, 0.15) is 28.3 Å². The molecule has 1 amide bonds. The Morgan fingerprint density at radius 3 is 2.39 bits per heavy atom. The van der Waals surface area contributed by atoms with Crippen molar-refractivity contribution >= 4 is 35.1 Å². The number of nitrogens with one attached hydrogen (secondary N) is 2. The average molecular weight is 419 g/mol. The smallest absolute Gasteiger partial charge is 0.242 e. The van der Waals surface area contributed by atoms with Crippen LogP contribution >= 0.6 is 23.2 Å². The van der Waals surface area contributed by atoms with Gasteiger partial charge in [-0.3, -0.25) is 15.6 Å². The molecule has 3 rings (SSSR count). The van der Waals surface area contributed by atoms with E-state index >= 15 is 0 Å². The fourth-order valence-corrected chi connectivity index (χ4v) is 3.42. The average Bonchev–Trinajstić information content (AvgIpc) is 2.87. The minimum atomic E-state index is -0.226. The molecule has 1 aromatic carbocycles. The first kappa shape index (κ1) is 20.1.